The number of carbonyl (C=O) groups is 2. The van der Waals surface area contributed by atoms with Gasteiger partial charge in [-0.25, -0.2) is 4.98 Å². The number of para-hydroxylation sites is 1. The molecule has 1 aliphatic heterocycles. The van der Waals surface area contributed by atoms with Gasteiger partial charge in [0.05, 0.1) is 18.9 Å². The Hall–Kier alpha value is -2.83. The van der Waals surface area contributed by atoms with Gasteiger partial charge in [0, 0.05) is 38.6 Å². The highest BCUT2D eigenvalue weighted by Crippen LogP contribution is 2.18. The number of nitrogens with one attached hydrogen (secondary N) is 1. The van der Waals surface area contributed by atoms with Crippen LogP contribution in [0, 0.1) is 12.8 Å². The van der Waals surface area contributed by atoms with Gasteiger partial charge in [-0.15, -0.1) is 0 Å². The third kappa shape index (κ3) is 6.34. The van der Waals surface area contributed by atoms with Gasteiger partial charge in [-0.3, -0.25) is 9.59 Å². The Labute approximate surface area is 172 Å². The minimum Gasteiger partial charge on any atom is -0.493 e. The van der Waals surface area contributed by atoms with Crippen molar-refractivity contribution < 1.29 is 14.3 Å². The number of hydrogen-bond acceptors (Lipinski definition) is 4. The zero-order valence-electron chi connectivity index (χ0n) is 17.0. The number of nitrogens with zero attached hydrogens (tertiary/aromatic N) is 3. The monoisotopic (exact) mass is 398 g/mol. The second-order valence-electron chi connectivity index (χ2n) is 7.40. The molecule has 0 bridgehead atoms. The second-order valence-corrected chi connectivity index (χ2v) is 7.40. The van der Waals surface area contributed by atoms with E-state index in [2.05, 4.69) is 14.9 Å². The molecule has 1 atom stereocenters. The van der Waals surface area contributed by atoms with Gasteiger partial charge in [-0.2, -0.15) is 0 Å². The van der Waals surface area contributed by atoms with Crippen LogP contribution in [0.4, 0.5) is 0 Å². The standard InChI is InChI=1S/C22H30N4O3/c1-18-23-12-15-25(18)14-6-11-24-22(28)19-7-5-13-26(17-19)21(27)10-16-29-20-8-3-2-4-9-20/h2-4,8-9,12,15,19H,5-7,10-11,13-14,16-17H2,1H3,(H,24,28). The predicted molar refractivity (Wildman–Crippen MR) is 110 cm³/mol. The van der Waals surface area contributed by atoms with Gasteiger partial charge < -0.3 is 19.5 Å². The lowest BCUT2D eigenvalue weighted by atomic mass is 9.97. The lowest BCUT2D eigenvalue weighted by Crippen LogP contribution is -2.45. The van der Waals surface area contributed by atoms with Crippen molar-refractivity contribution in [3.63, 3.8) is 0 Å². The van der Waals surface area contributed by atoms with Crippen LogP contribution in [0.2, 0.25) is 0 Å². The molecule has 1 aromatic heterocycles. The van der Waals surface area contributed by atoms with E-state index < -0.39 is 0 Å². The maximum atomic E-state index is 12.5. The Morgan fingerprint density at radius 2 is 2.10 bits per heavy atom. The molecule has 2 heterocycles. The minimum atomic E-state index is -0.127. The summed E-state index contributed by atoms with van der Waals surface area (Å²) >= 11 is 0. The largest absolute Gasteiger partial charge is 0.493 e. The summed E-state index contributed by atoms with van der Waals surface area (Å²) in [5.74, 6) is 1.72. The molecule has 0 radical (unpaired) electrons. The highest BCUT2D eigenvalue weighted by Gasteiger charge is 2.28. The molecule has 7 heteroatoms. The van der Waals surface area contributed by atoms with E-state index in [1.54, 1.807) is 11.1 Å². The number of carbonyl (C=O) groups excluding carboxylic acids is 2. The first kappa shape index (κ1) is 20.9. The van der Waals surface area contributed by atoms with E-state index in [9.17, 15) is 9.59 Å². The van der Waals surface area contributed by atoms with Crippen LogP contribution in [-0.2, 0) is 16.1 Å². The molecule has 1 unspecified atom stereocenters. The lowest BCUT2D eigenvalue weighted by Gasteiger charge is -2.32. The summed E-state index contributed by atoms with van der Waals surface area (Å²) in [5, 5.41) is 3.02. The molecule has 3 rings (SSSR count). The molecule has 1 saturated heterocycles. The molecule has 0 spiro atoms. The van der Waals surface area contributed by atoms with E-state index in [0.717, 1.165) is 37.4 Å². The minimum absolute atomic E-state index is 0.0467. The van der Waals surface area contributed by atoms with Crippen LogP contribution in [0.1, 0.15) is 31.5 Å². The van der Waals surface area contributed by atoms with Crippen LogP contribution < -0.4 is 10.1 Å². The number of piperidine rings is 1. The normalized spacial score (nSPS) is 16.4. The third-order valence-electron chi connectivity index (χ3n) is 5.27. The van der Waals surface area contributed by atoms with Crippen LogP contribution in [-0.4, -0.2) is 52.5 Å². The van der Waals surface area contributed by atoms with Crippen molar-refractivity contribution in [1.29, 1.82) is 0 Å². The van der Waals surface area contributed by atoms with Crippen LogP contribution >= 0.6 is 0 Å². The quantitative estimate of drug-likeness (QED) is 0.658. The number of imidazole rings is 1. The van der Waals surface area contributed by atoms with Crippen molar-refractivity contribution in [2.24, 2.45) is 5.92 Å². The van der Waals surface area contributed by atoms with Crippen LogP contribution in [0.25, 0.3) is 0 Å². The summed E-state index contributed by atoms with van der Waals surface area (Å²) in [6, 6.07) is 9.48. The summed E-state index contributed by atoms with van der Waals surface area (Å²) in [4.78, 5) is 31.0. The highest BCUT2D eigenvalue weighted by molar-refractivity contribution is 5.81. The number of likely N-dealkylation sites (tertiary alicyclic amines) is 1. The molecule has 1 aliphatic rings. The fourth-order valence-electron chi connectivity index (χ4n) is 3.59. The predicted octanol–water partition coefficient (Wildman–Crippen LogP) is 2.41. The summed E-state index contributed by atoms with van der Waals surface area (Å²) in [6.45, 7) is 5.00. The van der Waals surface area contributed by atoms with Gasteiger partial charge in [0.15, 0.2) is 0 Å². The summed E-state index contributed by atoms with van der Waals surface area (Å²) in [7, 11) is 0. The first-order chi connectivity index (χ1) is 14.1. The van der Waals surface area contributed by atoms with E-state index in [1.807, 2.05) is 43.5 Å². The smallest absolute Gasteiger partial charge is 0.226 e. The summed E-state index contributed by atoms with van der Waals surface area (Å²) in [5.41, 5.74) is 0. The molecule has 156 valence electrons. The fourth-order valence-corrected chi connectivity index (χ4v) is 3.59. The Kier molecular flexibility index (Phi) is 7.67. The zero-order valence-corrected chi connectivity index (χ0v) is 17.0. The number of amides is 2. The van der Waals surface area contributed by atoms with Crippen molar-refractivity contribution in [3.8, 4) is 5.75 Å². The third-order valence-corrected chi connectivity index (χ3v) is 5.27. The van der Waals surface area contributed by atoms with Crippen LogP contribution in [0.15, 0.2) is 42.7 Å². The molecule has 0 aliphatic carbocycles. The number of benzene rings is 1. The molecule has 7 nitrogen and oxygen atoms in total. The summed E-state index contributed by atoms with van der Waals surface area (Å²) < 4.78 is 7.69. The second kappa shape index (κ2) is 10.6. The maximum Gasteiger partial charge on any atom is 0.226 e. The lowest BCUT2D eigenvalue weighted by molar-refractivity contribution is -0.136. The van der Waals surface area contributed by atoms with Crippen LogP contribution in [0.3, 0.4) is 0 Å². The molecular weight excluding hydrogens is 368 g/mol. The van der Waals surface area contributed by atoms with Crippen molar-refractivity contribution >= 4 is 11.8 Å². The first-order valence-corrected chi connectivity index (χ1v) is 10.3. The van der Waals surface area contributed by atoms with E-state index in [-0.39, 0.29) is 17.7 Å². The van der Waals surface area contributed by atoms with Crippen molar-refractivity contribution in [2.45, 2.75) is 39.2 Å². The Morgan fingerprint density at radius 1 is 1.28 bits per heavy atom. The van der Waals surface area contributed by atoms with Gasteiger partial charge >= 0.3 is 0 Å². The molecule has 1 N–H and O–H groups in total. The van der Waals surface area contributed by atoms with Crippen LogP contribution in [0.5, 0.6) is 5.75 Å². The fraction of sp³-hybridized carbons (Fsp3) is 0.500. The number of ether oxygens (including phenoxy) is 1. The number of aryl methyl sites for hydroxylation is 2. The molecule has 0 saturated carbocycles. The van der Waals surface area contributed by atoms with E-state index in [1.165, 1.54) is 0 Å². The molecule has 1 aromatic carbocycles. The molecule has 1 fully saturated rings. The average Bonchev–Trinajstić information content (AvgIpc) is 3.16. The number of rotatable bonds is 9. The molecule has 29 heavy (non-hydrogen) atoms. The van der Waals surface area contributed by atoms with Crippen molar-refractivity contribution in [1.82, 2.24) is 19.8 Å². The Bertz CT molecular complexity index is 790. The Balaban J connectivity index is 1.35. The molecular formula is C22H30N4O3. The Morgan fingerprint density at radius 3 is 2.86 bits per heavy atom. The summed E-state index contributed by atoms with van der Waals surface area (Å²) in [6.07, 6.45) is 6.60. The molecule has 2 aromatic rings. The van der Waals surface area contributed by atoms with Gasteiger partial charge in [0.25, 0.3) is 0 Å². The van der Waals surface area contributed by atoms with E-state index in [4.69, 9.17) is 4.74 Å². The van der Waals surface area contributed by atoms with Gasteiger partial charge in [0.1, 0.15) is 11.6 Å². The SMILES string of the molecule is Cc1nccn1CCCNC(=O)C1CCCN(C(=O)CCOc2ccccc2)C1. The van der Waals surface area contributed by atoms with Gasteiger partial charge in [0.2, 0.25) is 11.8 Å². The average molecular weight is 399 g/mol. The number of aromatic nitrogens is 2. The number of hydrogen-bond donors (Lipinski definition) is 1. The van der Waals surface area contributed by atoms with E-state index >= 15 is 0 Å². The zero-order chi connectivity index (χ0) is 20.5. The van der Waals surface area contributed by atoms with Crippen molar-refractivity contribution in [2.75, 3.05) is 26.2 Å². The molecule has 2 amide bonds. The van der Waals surface area contributed by atoms with E-state index in [0.29, 0.717) is 32.7 Å². The first-order valence-electron chi connectivity index (χ1n) is 10.3. The maximum absolute atomic E-state index is 12.5. The van der Waals surface area contributed by atoms with Gasteiger partial charge in [-0.1, -0.05) is 18.2 Å². The highest BCUT2D eigenvalue weighted by atomic mass is 16.5. The topological polar surface area (TPSA) is 76.5 Å². The van der Waals surface area contributed by atoms with Crippen molar-refractivity contribution in [3.05, 3.63) is 48.5 Å². The van der Waals surface area contributed by atoms with Gasteiger partial charge in [-0.05, 0) is 38.3 Å².